The molecule has 0 unspecified atom stereocenters. The molecule has 0 spiro atoms. The summed E-state index contributed by atoms with van der Waals surface area (Å²) in [4.78, 5) is 10.9. The fourth-order valence-electron chi connectivity index (χ4n) is 1.44. The molecule has 2 aromatic heterocycles. The number of aromatic nitrogens is 2. The van der Waals surface area contributed by atoms with E-state index >= 15 is 0 Å². The monoisotopic (exact) mass is 270 g/mol. The summed E-state index contributed by atoms with van der Waals surface area (Å²) in [5.41, 5.74) is 0.422. The lowest BCUT2D eigenvalue weighted by Crippen LogP contribution is -2.05. The highest BCUT2D eigenvalue weighted by Gasteiger charge is 2.16. The van der Waals surface area contributed by atoms with E-state index in [1.807, 2.05) is 0 Å². The Balaban J connectivity index is 2.27. The average Bonchev–Trinajstić information content (AvgIpc) is 2.85. The van der Waals surface area contributed by atoms with Crippen LogP contribution >= 0.6 is 0 Å². The third kappa shape index (κ3) is 2.43. The topological polar surface area (TPSA) is 102 Å². The third-order valence-corrected chi connectivity index (χ3v) is 3.38. The van der Waals surface area contributed by atoms with Gasteiger partial charge >= 0.3 is 5.97 Å². The fourth-order valence-corrected chi connectivity index (χ4v) is 2.00. The SMILES string of the molecule is CS(=O)(=O)c1cnn(Cc2ccoc2C(=O)O)c1. The molecule has 2 rings (SSSR count). The van der Waals surface area contributed by atoms with Crippen LogP contribution in [0.2, 0.25) is 0 Å². The zero-order valence-electron chi connectivity index (χ0n) is 9.40. The zero-order valence-corrected chi connectivity index (χ0v) is 10.2. The molecular weight excluding hydrogens is 260 g/mol. The maximum Gasteiger partial charge on any atom is 0.372 e. The largest absolute Gasteiger partial charge is 0.475 e. The molecule has 0 atom stereocenters. The molecule has 0 radical (unpaired) electrons. The highest BCUT2D eigenvalue weighted by Crippen LogP contribution is 2.13. The molecule has 0 aromatic carbocycles. The van der Waals surface area contributed by atoms with E-state index in [1.54, 1.807) is 0 Å². The number of furan rings is 1. The summed E-state index contributed by atoms with van der Waals surface area (Å²) in [5.74, 6) is -1.35. The van der Waals surface area contributed by atoms with Crippen molar-refractivity contribution in [2.24, 2.45) is 0 Å². The van der Waals surface area contributed by atoms with Gasteiger partial charge in [-0.1, -0.05) is 0 Å². The minimum atomic E-state index is -3.31. The highest BCUT2D eigenvalue weighted by atomic mass is 32.2. The Morgan fingerprint density at radius 2 is 2.28 bits per heavy atom. The Morgan fingerprint density at radius 3 is 2.83 bits per heavy atom. The van der Waals surface area contributed by atoms with Crippen LogP contribution in [0.25, 0.3) is 0 Å². The number of carboxylic acid groups (broad SMARTS) is 1. The van der Waals surface area contributed by atoms with Crippen molar-refractivity contribution < 1.29 is 22.7 Å². The van der Waals surface area contributed by atoms with Gasteiger partial charge in [-0.2, -0.15) is 5.10 Å². The normalized spacial score (nSPS) is 11.6. The maximum absolute atomic E-state index is 11.3. The smallest absolute Gasteiger partial charge is 0.372 e. The lowest BCUT2D eigenvalue weighted by molar-refractivity contribution is 0.0660. The van der Waals surface area contributed by atoms with E-state index in [-0.39, 0.29) is 17.2 Å². The van der Waals surface area contributed by atoms with E-state index in [0.29, 0.717) is 5.56 Å². The van der Waals surface area contributed by atoms with E-state index in [0.717, 1.165) is 6.26 Å². The standard InChI is InChI=1S/C10H10N2O5S/c1-18(15,16)8-4-11-12(6-8)5-7-2-3-17-9(7)10(13)14/h2-4,6H,5H2,1H3,(H,13,14). The van der Waals surface area contributed by atoms with Crippen LogP contribution in [0.4, 0.5) is 0 Å². The van der Waals surface area contributed by atoms with Crippen molar-refractivity contribution in [2.45, 2.75) is 11.4 Å². The molecule has 8 heteroatoms. The Labute approximate surface area is 103 Å². The molecule has 0 fully saturated rings. The number of hydrogen-bond donors (Lipinski definition) is 1. The lowest BCUT2D eigenvalue weighted by atomic mass is 10.2. The summed E-state index contributed by atoms with van der Waals surface area (Å²) < 4.78 is 28.7. The molecule has 0 saturated carbocycles. The molecule has 18 heavy (non-hydrogen) atoms. The summed E-state index contributed by atoms with van der Waals surface area (Å²) in [6.07, 6.45) is 4.90. The van der Waals surface area contributed by atoms with Crippen molar-refractivity contribution >= 4 is 15.8 Å². The van der Waals surface area contributed by atoms with Crippen molar-refractivity contribution in [3.8, 4) is 0 Å². The van der Waals surface area contributed by atoms with E-state index in [2.05, 4.69) is 5.10 Å². The average molecular weight is 270 g/mol. The van der Waals surface area contributed by atoms with E-state index < -0.39 is 15.8 Å². The van der Waals surface area contributed by atoms with Crippen LogP contribution in [-0.2, 0) is 16.4 Å². The second-order valence-corrected chi connectivity index (χ2v) is 5.74. The molecular formula is C10H10N2O5S. The molecule has 0 amide bonds. The molecule has 0 aliphatic rings. The van der Waals surface area contributed by atoms with E-state index in [4.69, 9.17) is 9.52 Å². The predicted octanol–water partition coefficient (Wildman–Crippen LogP) is 0.626. The summed E-state index contributed by atoms with van der Waals surface area (Å²) in [7, 11) is -3.31. The van der Waals surface area contributed by atoms with Gasteiger partial charge < -0.3 is 9.52 Å². The first kappa shape index (κ1) is 12.4. The number of hydrogen-bond acceptors (Lipinski definition) is 5. The first-order valence-electron chi connectivity index (χ1n) is 4.90. The van der Waals surface area contributed by atoms with E-state index in [9.17, 15) is 13.2 Å². The summed E-state index contributed by atoms with van der Waals surface area (Å²) in [5, 5.41) is 12.7. The summed E-state index contributed by atoms with van der Waals surface area (Å²) in [6, 6.07) is 1.51. The molecule has 0 aliphatic heterocycles. The van der Waals surface area contributed by atoms with Crippen molar-refractivity contribution in [3.05, 3.63) is 36.0 Å². The summed E-state index contributed by atoms with van der Waals surface area (Å²) in [6.45, 7) is 0.133. The number of rotatable bonds is 4. The molecule has 0 aliphatic carbocycles. The Morgan fingerprint density at radius 1 is 1.56 bits per heavy atom. The third-order valence-electron chi connectivity index (χ3n) is 2.31. The van der Waals surface area contributed by atoms with Crippen LogP contribution in [-0.4, -0.2) is 35.5 Å². The van der Waals surface area contributed by atoms with Gasteiger partial charge in [-0.05, 0) is 6.07 Å². The first-order chi connectivity index (χ1) is 8.38. The van der Waals surface area contributed by atoms with Gasteiger partial charge in [0.25, 0.3) is 0 Å². The highest BCUT2D eigenvalue weighted by molar-refractivity contribution is 7.90. The van der Waals surface area contributed by atoms with Gasteiger partial charge in [0.1, 0.15) is 4.90 Å². The number of nitrogens with zero attached hydrogens (tertiary/aromatic N) is 2. The Hall–Kier alpha value is -2.09. The van der Waals surface area contributed by atoms with Gasteiger partial charge in [0.05, 0.1) is 19.0 Å². The van der Waals surface area contributed by atoms with Crippen molar-refractivity contribution in [1.82, 2.24) is 9.78 Å². The number of aromatic carboxylic acids is 1. The molecule has 0 saturated heterocycles. The Kier molecular flexibility index (Phi) is 2.95. The van der Waals surface area contributed by atoms with Crippen molar-refractivity contribution in [3.63, 3.8) is 0 Å². The van der Waals surface area contributed by atoms with Gasteiger partial charge in [-0.25, -0.2) is 13.2 Å². The minimum absolute atomic E-state index is 0.0860. The van der Waals surface area contributed by atoms with Gasteiger partial charge in [0, 0.05) is 18.0 Å². The second-order valence-electron chi connectivity index (χ2n) is 3.73. The Bertz CT molecular complexity index is 683. The van der Waals surface area contributed by atoms with Gasteiger partial charge in [0.2, 0.25) is 5.76 Å². The molecule has 0 bridgehead atoms. The molecule has 96 valence electrons. The zero-order chi connectivity index (χ0) is 13.3. The van der Waals surface area contributed by atoms with Gasteiger partial charge in [-0.3, -0.25) is 4.68 Å². The van der Waals surface area contributed by atoms with Crippen LogP contribution in [0, 0.1) is 0 Å². The van der Waals surface area contributed by atoms with Crippen LogP contribution in [0.3, 0.4) is 0 Å². The van der Waals surface area contributed by atoms with Crippen LogP contribution in [0.1, 0.15) is 16.1 Å². The maximum atomic E-state index is 11.3. The number of carbonyl (C=O) groups is 1. The lowest BCUT2D eigenvalue weighted by Gasteiger charge is -1.99. The predicted molar refractivity (Wildman–Crippen MR) is 60.1 cm³/mol. The van der Waals surface area contributed by atoms with Gasteiger partial charge in [-0.15, -0.1) is 0 Å². The van der Waals surface area contributed by atoms with Crippen LogP contribution in [0.15, 0.2) is 34.0 Å². The molecule has 2 aromatic rings. The van der Waals surface area contributed by atoms with Crippen molar-refractivity contribution in [2.75, 3.05) is 6.26 Å². The van der Waals surface area contributed by atoms with Crippen LogP contribution in [0.5, 0.6) is 0 Å². The van der Waals surface area contributed by atoms with Gasteiger partial charge in [0.15, 0.2) is 9.84 Å². The molecule has 1 N–H and O–H groups in total. The first-order valence-corrected chi connectivity index (χ1v) is 6.79. The quantitative estimate of drug-likeness (QED) is 0.873. The number of carboxylic acids is 1. The molecule has 2 heterocycles. The summed E-state index contributed by atoms with van der Waals surface area (Å²) >= 11 is 0. The fraction of sp³-hybridized carbons (Fsp3) is 0.200. The number of sulfone groups is 1. The van der Waals surface area contributed by atoms with E-state index in [1.165, 1.54) is 29.4 Å². The minimum Gasteiger partial charge on any atom is -0.475 e. The van der Waals surface area contributed by atoms with Crippen LogP contribution < -0.4 is 0 Å². The second kappa shape index (κ2) is 4.30. The molecule has 7 nitrogen and oxygen atoms in total. The van der Waals surface area contributed by atoms with Crippen molar-refractivity contribution in [1.29, 1.82) is 0 Å².